The van der Waals surface area contributed by atoms with Crippen molar-refractivity contribution >= 4 is 17.5 Å². The van der Waals surface area contributed by atoms with Crippen molar-refractivity contribution in [1.29, 1.82) is 0 Å². The van der Waals surface area contributed by atoms with Crippen LogP contribution < -0.4 is 5.32 Å². The number of rotatable bonds is 4. The molecule has 3 nitrogen and oxygen atoms in total. The summed E-state index contributed by atoms with van der Waals surface area (Å²) in [6.07, 6.45) is 0. The number of hydrogen-bond donors (Lipinski definition) is 1. The van der Waals surface area contributed by atoms with E-state index in [-0.39, 0.29) is 5.91 Å². The van der Waals surface area contributed by atoms with E-state index in [0.29, 0.717) is 11.6 Å². The normalized spacial score (nSPS) is 11.4. The van der Waals surface area contributed by atoms with Gasteiger partial charge in [-0.2, -0.15) is 0 Å². The molecule has 1 aromatic carbocycles. The Morgan fingerprint density at radius 3 is 2.53 bits per heavy atom. The molecule has 0 aromatic heterocycles. The largest absolute Gasteiger partial charge is 0.340 e. The first-order valence-electron chi connectivity index (χ1n) is 5.56. The monoisotopic (exact) mass is 254 g/mol. The number of hydrogen-bond acceptors (Lipinski definition) is 2. The summed E-state index contributed by atoms with van der Waals surface area (Å²) < 4.78 is 0. The van der Waals surface area contributed by atoms with E-state index in [1.54, 1.807) is 19.0 Å². The van der Waals surface area contributed by atoms with Gasteiger partial charge in [-0.25, -0.2) is 0 Å². The predicted octanol–water partition coefficient (Wildman–Crippen LogP) is 2.30. The molecule has 0 spiro atoms. The highest BCUT2D eigenvalue weighted by Crippen LogP contribution is 2.17. The standard InChI is InChI=1S/C13H19ClN2O/c1-13(2,15-3)12(17)16(4)9-10-7-5-6-8-11(10)14/h5-8,15H,9H2,1-4H3. The molecule has 0 aliphatic carbocycles. The summed E-state index contributed by atoms with van der Waals surface area (Å²) in [5, 5.41) is 3.69. The number of carbonyl (C=O) groups is 1. The first-order chi connectivity index (χ1) is 7.88. The maximum absolute atomic E-state index is 12.1. The maximum Gasteiger partial charge on any atom is 0.242 e. The number of nitrogens with one attached hydrogen (secondary N) is 1. The molecule has 0 radical (unpaired) electrons. The van der Waals surface area contributed by atoms with Gasteiger partial charge in [-0.05, 0) is 32.5 Å². The van der Waals surface area contributed by atoms with Crippen molar-refractivity contribution in [3.8, 4) is 0 Å². The van der Waals surface area contributed by atoms with E-state index in [4.69, 9.17) is 11.6 Å². The Morgan fingerprint density at radius 1 is 1.41 bits per heavy atom. The molecule has 1 rings (SSSR count). The van der Waals surface area contributed by atoms with Gasteiger partial charge in [0.25, 0.3) is 0 Å². The van der Waals surface area contributed by atoms with E-state index < -0.39 is 5.54 Å². The molecule has 0 aliphatic heterocycles. The van der Waals surface area contributed by atoms with Gasteiger partial charge in [0, 0.05) is 18.6 Å². The van der Waals surface area contributed by atoms with E-state index in [0.717, 1.165) is 5.56 Å². The van der Waals surface area contributed by atoms with Crippen molar-refractivity contribution in [2.45, 2.75) is 25.9 Å². The van der Waals surface area contributed by atoms with Crippen molar-refractivity contribution in [3.63, 3.8) is 0 Å². The molecule has 0 saturated heterocycles. The number of nitrogens with zero attached hydrogens (tertiary/aromatic N) is 1. The van der Waals surface area contributed by atoms with Crippen LogP contribution in [0.25, 0.3) is 0 Å². The van der Waals surface area contributed by atoms with Crippen molar-refractivity contribution in [3.05, 3.63) is 34.9 Å². The van der Waals surface area contributed by atoms with Crippen LogP contribution in [0.3, 0.4) is 0 Å². The SMILES string of the molecule is CNC(C)(C)C(=O)N(C)Cc1ccccc1Cl. The summed E-state index contributed by atoms with van der Waals surface area (Å²) in [5.41, 5.74) is 0.396. The van der Waals surface area contributed by atoms with Crippen LogP contribution in [-0.4, -0.2) is 30.4 Å². The van der Waals surface area contributed by atoms with Gasteiger partial charge in [0.15, 0.2) is 0 Å². The molecule has 0 bridgehead atoms. The topological polar surface area (TPSA) is 32.3 Å². The number of carbonyl (C=O) groups excluding carboxylic acids is 1. The molecule has 0 aliphatic rings. The second-order valence-electron chi connectivity index (χ2n) is 4.63. The zero-order valence-electron chi connectivity index (χ0n) is 10.7. The zero-order chi connectivity index (χ0) is 13.1. The number of benzene rings is 1. The fraction of sp³-hybridized carbons (Fsp3) is 0.462. The van der Waals surface area contributed by atoms with Crippen molar-refractivity contribution < 1.29 is 4.79 Å². The Bertz CT molecular complexity index is 404. The van der Waals surface area contributed by atoms with Crippen LogP contribution in [0.2, 0.25) is 5.02 Å². The minimum absolute atomic E-state index is 0.0416. The van der Waals surface area contributed by atoms with Gasteiger partial charge >= 0.3 is 0 Å². The highest BCUT2D eigenvalue weighted by atomic mass is 35.5. The average Bonchev–Trinajstić information content (AvgIpc) is 2.31. The van der Waals surface area contributed by atoms with Gasteiger partial charge in [-0.1, -0.05) is 29.8 Å². The first kappa shape index (κ1) is 14.0. The summed E-state index contributed by atoms with van der Waals surface area (Å²) in [6.45, 7) is 4.24. The Hall–Kier alpha value is -1.06. The average molecular weight is 255 g/mol. The summed E-state index contributed by atoms with van der Waals surface area (Å²) in [7, 11) is 3.56. The minimum Gasteiger partial charge on any atom is -0.340 e. The molecule has 1 N–H and O–H groups in total. The van der Waals surface area contributed by atoms with Crippen LogP contribution in [-0.2, 0) is 11.3 Å². The second kappa shape index (κ2) is 5.52. The van der Waals surface area contributed by atoms with Crippen LogP contribution in [0.5, 0.6) is 0 Å². The van der Waals surface area contributed by atoms with E-state index in [1.165, 1.54) is 0 Å². The van der Waals surface area contributed by atoms with Crippen molar-refractivity contribution in [2.24, 2.45) is 0 Å². The Balaban J connectivity index is 2.77. The molecule has 94 valence electrons. The van der Waals surface area contributed by atoms with Gasteiger partial charge in [-0.3, -0.25) is 4.79 Å². The molecule has 0 unspecified atom stereocenters. The third kappa shape index (κ3) is 3.45. The van der Waals surface area contributed by atoms with Crippen molar-refractivity contribution in [2.75, 3.05) is 14.1 Å². The lowest BCUT2D eigenvalue weighted by Gasteiger charge is -2.29. The van der Waals surface area contributed by atoms with Gasteiger partial charge in [0.05, 0.1) is 5.54 Å². The molecule has 17 heavy (non-hydrogen) atoms. The summed E-state index contributed by atoms with van der Waals surface area (Å²) in [5.74, 6) is 0.0416. The molecule has 0 atom stereocenters. The Labute approximate surface area is 108 Å². The van der Waals surface area contributed by atoms with Crippen LogP contribution in [0.4, 0.5) is 0 Å². The van der Waals surface area contributed by atoms with E-state index in [9.17, 15) is 4.79 Å². The molecule has 0 fully saturated rings. The third-order valence-electron chi connectivity index (χ3n) is 2.87. The third-order valence-corrected chi connectivity index (χ3v) is 3.24. The maximum atomic E-state index is 12.1. The molecular formula is C13H19ClN2O. The van der Waals surface area contributed by atoms with Crippen LogP contribution in [0.1, 0.15) is 19.4 Å². The van der Waals surface area contributed by atoms with Gasteiger partial charge in [-0.15, -0.1) is 0 Å². The lowest BCUT2D eigenvalue weighted by Crippen LogP contribution is -2.51. The zero-order valence-corrected chi connectivity index (χ0v) is 11.5. The first-order valence-corrected chi connectivity index (χ1v) is 5.94. The molecule has 0 saturated carbocycles. The van der Waals surface area contributed by atoms with Crippen LogP contribution in [0.15, 0.2) is 24.3 Å². The fourth-order valence-corrected chi connectivity index (χ4v) is 1.73. The van der Waals surface area contributed by atoms with Crippen LogP contribution in [0, 0.1) is 0 Å². The molecule has 0 heterocycles. The van der Waals surface area contributed by atoms with Crippen molar-refractivity contribution in [1.82, 2.24) is 10.2 Å². The predicted molar refractivity (Wildman–Crippen MR) is 71.1 cm³/mol. The van der Waals surface area contributed by atoms with Gasteiger partial charge in [0.2, 0.25) is 5.91 Å². The minimum atomic E-state index is -0.560. The number of amides is 1. The van der Waals surface area contributed by atoms with E-state index in [2.05, 4.69) is 5.32 Å². The number of likely N-dealkylation sites (N-methyl/N-ethyl adjacent to an activating group) is 2. The van der Waals surface area contributed by atoms with E-state index >= 15 is 0 Å². The summed E-state index contributed by atoms with van der Waals surface area (Å²) >= 11 is 6.07. The second-order valence-corrected chi connectivity index (χ2v) is 5.03. The number of halogens is 1. The Morgan fingerprint density at radius 2 is 2.00 bits per heavy atom. The fourth-order valence-electron chi connectivity index (χ4n) is 1.54. The smallest absolute Gasteiger partial charge is 0.242 e. The molecule has 4 heteroatoms. The lowest BCUT2D eigenvalue weighted by atomic mass is 10.0. The molecular weight excluding hydrogens is 236 g/mol. The highest BCUT2D eigenvalue weighted by molar-refractivity contribution is 6.31. The molecule has 1 aromatic rings. The van der Waals surface area contributed by atoms with Crippen LogP contribution >= 0.6 is 11.6 Å². The summed E-state index contributed by atoms with van der Waals surface area (Å²) in [4.78, 5) is 13.8. The highest BCUT2D eigenvalue weighted by Gasteiger charge is 2.28. The lowest BCUT2D eigenvalue weighted by molar-refractivity contribution is -0.136. The Kier molecular flexibility index (Phi) is 4.54. The van der Waals surface area contributed by atoms with E-state index in [1.807, 2.05) is 38.1 Å². The molecule has 1 amide bonds. The quantitative estimate of drug-likeness (QED) is 0.894. The van der Waals surface area contributed by atoms with Gasteiger partial charge < -0.3 is 10.2 Å². The summed E-state index contributed by atoms with van der Waals surface area (Å²) in [6, 6.07) is 7.56. The van der Waals surface area contributed by atoms with Gasteiger partial charge in [0.1, 0.15) is 0 Å².